The van der Waals surface area contributed by atoms with E-state index in [4.69, 9.17) is 0 Å². The molecular formula is C35H72. The Kier molecular flexibility index (Phi) is 16.8. The molecular weight excluding hydrogens is 420 g/mol. The van der Waals surface area contributed by atoms with Crippen molar-refractivity contribution in [1.82, 2.24) is 0 Å². The van der Waals surface area contributed by atoms with Gasteiger partial charge in [-0.1, -0.05) is 129 Å². The van der Waals surface area contributed by atoms with E-state index in [1.54, 1.807) is 0 Å². The van der Waals surface area contributed by atoms with Gasteiger partial charge in [0, 0.05) is 0 Å². The molecule has 0 aromatic carbocycles. The standard InChI is InChI=1S/C32H62.C2H6.CH4/c1-11-14-24(5)29-18-17-25(6)28-16-13-12-15-26(7)31(22(2)3)27(8)19-23(4)20-32(9,10)21-30(28)29;1-2;/h22-31H,11-21H2,1-10H3;1-2H3;1H4. The van der Waals surface area contributed by atoms with Gasteiger partial charge in [-0.05, 0) is 96.7 Å². The summed E-state index contributed by atoms with van der Waals surface area (Å²) >= 11 is 0. The van der Waals surface area contributed by atoms with Crippen molar-refractivity contribution in [2.75, 3.05) is 0 Å². The van der Waals surface area contributed by atoms with Gasteiger partial charge < -0.3 is 0 Å². The predicted octanol–water partition coefficient (Wildman–Crippen LogP) is 12.3. The van der Waals surface area contributed by atoms with E-state index in [1.807, 2.05) is 13.8 Å². The van der Waals surface area contributed by atoms with E-state index < -0.39 is 0 Å². The van der Waals surface area contributed by atoms with E-state index in [9.17, 15) is 0 Å². The number of rotatable bonds is 4. The number of fused-ring (bicyclic) bond motifs is 1. The lowest BCUT2D eigenvalue weighted by Gasteiger charge is -2.48. The Morgan fingerprint density at radius 1 is 0.743 bits per heavy atom. The highest BCUT2D eigenvalue weighted by atomic mass is 14.5. The minimum Gasteiger partial charge on any atom is -0.0776 e. The molecule has 2 aliphatic rings. The summed E-state index contributed by atoms with van der Waals surface area (Å²) in [6.07, 6.45) is 16.0. The molecule has 2 aliphatic carbocycles. The second-order valence-electron chi connectivity index (χ2n) is 14.3. The van der Waals surface area contributed by atoms with Gasteiger partial charge >= 0.3 is 0 Å². The molecule has 0 saturated heterocycles. The molecule has 0 heterocycles. The van der Waals surface area contributed by atoms with Crippen molar-refractivity contribution in [3.05, 3.63) is 0 Å². The topological polar surface area (TPSA) is 0 Å². The molecule has 9 unspecified atom stereocenters. The first-order chi connectivity index (χ1) is 16.0. The van der Waals surface area contributed by atoms with Gasteiger partial charge in [0.2, 0.25) is 0 Å². The van der Waals surface area contributed by atoms with Gasteiger partial charge in [-0.25, -0.2) is 0 Å². The summed E-state index contributed by atoms with van der Waals surface area (Å²) < 4.78 is 0. The highest BCUT2D eigenvalue weighted by molar-refractivity contribution is 4.92. The fourth-order valence-electron chi connectivity index (χ4n) is 9.25. The largest absolute Gasteiger partial charge is 0.0776 e. The van der Waals surface area contributed by atoms with Gasteiger partial charge in [0.1, 0.15) is 0 Å². The molecule has 0 bridgehead atoms. The van der Waals surface area contributed by atoms with E-state index in [0.29, 0.717) is 5.41 Å². The van der Waals surface area contributed by atoms with Crippen molar-refractivity contribution in [1.29, 1.82) is 0 Å². The summed E-state index contributed by atoms with van der Waals surface area (Å²) in [7, 11) is 0. The third-order valence-corrected chi connectivity index (χ3v) is 10.3. The second-order valence-corrected chi connectivity index (χ2v) is 14.3. The summed E-state index contributed by atoms with van der Waals surface area (Å²) in [6.45, 7) is 29.6. The summed E-state index contributed by atoms with van der Waals surface area (Å²) in [5.74, 6) is 9.06. The minimum absolute atomic E-state index is 0. The molecule has 9 atom stereocenters. The Morgan fingerprint density at radius 2 is 1.34 bits per heavy atom. The first-order valence-corrected chi connectivity index (χ1v) is 16.0. The lowest BCUT2D eigenvalue weighted by Crippen LogP contribution is -2.39. The zero-order valence-corrected chi connectivity index (χ0v) is 26.1. The molecule has 0 N–H and O–H groups in total. The fraction of sp³-hybridized carbons (Fsp3) is 1.00. The Labute approximate surface area is 225 Å². The van der Waals surface area contributed by atoms with E-state index in [-0.39, 0.29) is 7.43 Å². The average molecular weight is 493 g/mol. The van der Waals surface area contributed by atoms with Gasteiger partial charge in [0.05, 0.1) is 0 Å². The van der Waals surface area contributed by atoms with Crippen molar-refractivity contribution in [2.24, 2.45) is 64.6 Å². The van der Waals surface area contributed by atoms with Crippen LogP contribution in [0.25, 0.3) is 0 Å². The van der Waals surface area contributed by atoms with Crippen molar-refractivity contribution in [3.63, 3.8) is 0 Å². The zero-order valence-electron chi connectivity index (χ0n) is 26.1. The summed E-state index contributed by atoms with van der Waals surface area (Å²) in [4.78, 5) is 0. The lowest BCUT2D eigenvalue weighted by molar-refractivity contribution is 0.0156. The Balaban J connectivity index is 0.00000375. The van der Waals surface area contributed by atoms with E-state index >= 15 is 0 Å². The molecule has 2 saturated carbocycles. The molecule has 0 aliphatic heterocycles. The van der Waals surface area contributed by atoms with Crippen LogP contribution >= 0.6 is 0 Å². The quantitative estimate of drug-likeness (QED) is 0.366. The first-order valence-electron chi connectivity index (χ1n) is 16.0. The maximum atomic E-state index is 2.63. The highest BCUT2D eigenvalue weighted by Crippen LogP contribution is 2.51. The van der Waals surface area contributed by atoms with Crippen LogP contribution in [0.4, 0.5) is 0 Å². The van der Waals surface area contributed by atoms with E-state index in [0.717, 1.165) is 59.2 Å². The third-order valence-electron chi connectivity index (χ3n) is 10.3. The molecule has 0 radical (unpaired) electrons. The lowest BCUT2D eigenvalue weighted by atomic mass is 9.57. The van der Waals surface area contributed by atoms with Gasteiger partial charge in [-0.3, -0.25) is 0 Å². The summed E-state index contributed by atoms with van der Waals surface area (Å²) in [5, 5.41) is 0. The molecule has 0 heteroatoms. The zero-order chi connectivity index (χ0) is 26.1. The van der Waals surface area contributed by atoms with Crippen LogP contribution in [0.1, 0.15) is 161 Å². The van der Waals surface area contributed by atoms with Gasteiger partial charge in [-0.15, -0.1) is 0 Å². The normalized spacial score (nSPS) is 37.6. The third kappa shape index (κ3) is 10.7. The maximum Gasteiger partial charge on any atom is -0.0339 e. The molecule has 2 rings (SSSR count). The molecule has 212 valence electrons. The van der Waals surface area contributed by atoms with Crippen molar-refractivity contribution < 1.29 is 0 Å². The van der Waals surface area contributed by atoms with E-state index in [1.165, 1.54) is 70.6 Å². The van der Waals surface area contributed by atoms with Gasteiger partial charge in [-0.2, -0.15) is 0 Å². The molecule has 0 nitrogen and oxygen atoms in total. The monoisotopic (exact) mass is 493 g/mol. The maximum absolute atomic E-state index is 2.63. The van der Waals surface area contributed by atoms with Crippen LogP contribution in [0.5, 0.6) is 0 Å². The van der Waals surface area contributed by atoms with Crippen LogP contribution in [0, 0.1) is 64.6 Å². The van der Waals surface area contributed by atoms with Crippen molar-refractivity contribution in [3.8, 4) is 0 Å². The van der Waals surface area contributed by atoms with E-state index in [2.05, 4.69) is 69.2 Å². The fourth-order valence-corrected chi connectivity index (χ4v) is 9.25. The summed E-state index contributed by atoms with van der Waals surface area (Å²) in [6, 6.07) is 0. The Bertz CT molecular complexity index is 516. The second kappa shape index (κ2) is 16.8. The molecule has 0 amide bonds. The Morgan fingerprint density at radius 3 is 1.91 bits per heavy atom. The Hall–Kier alpha value is 0. The average Bonchev–Trinajstić information content (AvgIpc) is 2.72. The summed E-state index contributed by atoms with van der Waals surface area (Å²) in [5.41, 5.74) is 0.479. The van der Waals surface area contributed by atoms with Crippen LogP contribution in [0.2, 0.25) is 0 Å². The van der Waals surface area contributed by atoms with Crippen LogP contribution in [-0.4, -0.2) is 0 Å². The van der Waals surface area contributed by atoms with Crippen LogP contribution < -0.4 is 0 Å². The minimum atomic E-state index is 0. The van der Waals surface area contributed by atoms with Gasteiger partial charge in [0.25, 0.3) is 0 Å². The predicted molar refractivity (Wildman–Crippen MR) is 163 cm³/mol. The van der Waals surface area contributed by atoms with Crippen molar-refractivity contribution >= 4 is 0 Å². The van der Waals surface area contributed by atoms with Crippen LogP contribution in [0.3, 0.4) is 0 Å². The van der Waals surface area contributed by atoms with Gasteiger partial charge in [0.15, 0.2) is 0 Å². The molecule has 0 aromatic rings. The smallest absolute Gasteiger partial charge is 0.0339 e. The van der Waals surface area contributed by atoms with Crippen LogP contribution in [0.15, 0.2) is 0 Å². The molecule has 0 aromatic heterocycles. The van der Waals surface area contributed by atoms with Crippen molar-refractivity contribution in [2.45, 2.75) is 161 Å². The highest BCUT2D eigenvalue weighted by Gasteiger charge is 2.42. The molecule has 35 heavy (non-hydrogen) atoms. The first kappa shape index (κ1) is 35.0. The molecule has 0 spiro atoms. The molecule has 2 fully saturated rings. The number of hydrogen-bond acceptors (Lipinski definition) is 0. The number of hydrogen-bond donors (Lipinski definition) is 0. The SMILES string of the molecule is C.CC.CCCC(C)C1CCC(C)C2CCCCC(C)C(C(C)C)C(C)CC(C)CC(C)(C)CC21. The van der Waals surface area contributed by atoms with Crippen LogP contribution in [-0.2, 0) is 0 Å².